The van der Waals surface area contributed by atoms with Crippen LogP contribution in [0.1, 0.15) is 24.3 Å². The van der Waals surface area contributed by atoms with E-state index in [4.69, 9.17) is 0 Å². The molecule has 0 bridgehead atoms. The third kappa shape index (κ3) is 3.73. The van der Waals surface area contributed by atoms with Crippen LogP contribution in [0.3, 0.4) is 0 Å². The first-order chi connectivity index (χ1) is 8.58. The average molecular weight is 251 g/mol. The number of rotatable bonds is 5. The summed E-state index contributed by atoms with van der Waals surface area (Å²) in [6.07, 6.45) is 0. The minimum atomic E-state index is -0.465. The number of hydrogen-bond acceptors (Lipinski definition) is 3. The highest BCUT2D eigenvalue weighted by atomic mass is 16.2. The topological polar surface area (TPSA) is 82.3 Å². The molecule has 1 aromatic heterocycles. The average Bonchev–Trinajstić information content (AvgIpc) is 2.37. The van der Waals surface area contributed by atoms with Crippen LogP contribution >= 0.6 is 0 Å². The predicted molar refractivity (Wildman–Crippen MR) is 67.3 cm³/mol. The van der Waals surface area contributed by atoms with Crippen LogP contribution in [-0.2, 0) is 4.79 Å². The normalized spacial score (nSPS) is 9.89. The van der Waals surface area contributed by atoms with E-state index in [1.807, 2.05) is 13.8 Å². The summed E-state index contributed by atoms with van der Waals surface area (Å²) in [7, 11) is 0. The fourth-order valence-corrected chi connectivity index (χ4v) is 1.52. The maximum absolute atomic E-state index is 11.6. The third-order valence-corrected chi connectivity index (χ3v) is 2.53. The molecule has 98 valence electrons. The van der Waals surface area contributed by atoms with Gasteiger partial charge in [-0.3, -0.25) is 14.4 Å². The SMILES string of the molecule is CCN(CC)C(=O)CNC(=O)c1cccc(=O)[nH]1. The van der Waals surface area contributed by atoms with Crippen molar-refractivity contribution in [2.75, 3.05) is 19.6 Å². The summed E-state index contributed by atoms with van der Waals surface area (Å²) in [6.45, 7) is 4.88. The van der Waals surface area contributed by atoms with Gasteiger partial charge in [0.2, 0.25) is 11.5 Å². The number of carbonyl (C=O) groups excluding carboxylic acids is 2. The fourth-order valence-electron chi connectivity index (χ4n) is 1.52. The van der Waals surface area contributed by atoms with E-state index in [1.165, 1.54) is 18.2 Å². The van der Waals surface area contributed by atoms with E-state index in [0.717, 1.165) is 0 Å². The maximum atomic E-state index is 11.6. The molecule has 0 aromatic carbocycles. The molecule has 1 aromatic rings. The fraction of sp³-hybridized carbons (Fsp3) is 0.417. The molecule has 1 heterocycles. The molecule has 0 atom stereocenters. The number of carbonyl (C=O) groups is 2. The lowest BCUT2D eigenvalue weighted by Gasteiger charge is -2.18. The first-order valence-electron chi connectivity index (χ1n) is 5.83. The number of aromatic amines is 1. The Morgan fingerprint density at radius 1 is 1.28 bits per heavy atom. The van der Waals surface area contributed by atoms with E-state index in [2.05, 4.69) is 10.3 Å². The molecule has 0 aliphatic rings. The smallest absolute Gasteiger partial charge is 0.268 e. The Balaban J connectivity index is 2.56. The lowest BCUT2D eigenvalue weighted by molar-refractivity contribution is -0.129. The molecule has 0 saturated carbocycles. The highest BCUT2D eigenvalue weighted by Gasteiger charge is 2.12. The summed E-state index contributed by atoms with van der Waals surface area (Å²) in [5.74, 6) is -0.611. The number of pyridine rings is 1. The second kappa shape index (κ2) is 6.58. The van der Waals surface area contributed by atoms with Gasteiger partial charge in [0.15, 0.2) is 0 Å². The van der Waals surface area contributed by atoms with Gasteiger partial charge >= 0.3 is 0 Å². The Bertz CT molecular complexity index is 477. The van der Waals surface area contributed by atoms with E-state index in [1.54, 1.807) is 4.90 Å². The van der Waals surface area contributed by atoms with Crippen molar-refractivity contribution in [3.8, 4) is 0 Å². The van der Waals surface area contributed by atoms with Crippen LogP contribution in [0.4, 0.5) is 0 Å². The van der Waals surface area contributed by atoms with Crippen LogP contribution in [0.15, 0.2) is 23.0 Å². The van der Waals surface area contributed by atoms with Gasteiger partial charge in [0.25, 0.3) is 5.91 Å². The van der Waals surface area contributed by atoms with Crippen LogP contribution in [0.25, 0.3) is 0 Å². The number of nitrogens with one attached hydrogen (secondary N) is 2. The summed E-state index contributed by atoms with van der Waals surface area (Å²) in [5.41, 5.74) is -0.201. The van der Waals surface area contributed by atoms with Gasteiger partial charge in [-0.25, -0.2) is 0 Å². The molecule has 0 fully saturated rings. The molecule has 6 heteroatoms. The van der Waals surface area contributed by atoms with Gasteiger partial charge in [-0.1, -0.05) is 6.07 Å². The Kier molecular flexibility index (Phi) is 5.10. The summed E-state index contributed by atoms with van der Waals surface area (Å²) in [6, 6.07) is 4.29. The minimum absolute atomic E-state index is 0.0720. The number of nitrogens with zero attached hydrogens (tertiary/aromatic N) is 1. The molecule has 18 heavy (non-hydrogen) atoms. The molecule has 0 unspecified atom stereocenters. The van der Waals surface area contributed by atoms with Gasteiger partial charge in [-0.15, -0.1) is 0 Å². The summed E-state index contributed by atoms with van der Waals surface area (Å²) in [5, 5.41) is 2.47. The van der Waals surface area contributed by atoms with Crippen molar-refractivity contribution in [2.45, 2.75) is 13.8 Å². The van der Waals surface area contributed by atoms with Crippen LogP contribution in [0.2, 0.25) is 0 Å². The first kappa shape index (κ1) is 14.0. The maximum Gasteiger partial charge on any atom is 0.268 e. The van der Waals surface area contributed by atoms with E-state index in [9.17, 15) is 14.4 Å². The summed E-state index contributed by atoms with van der Waals surface area (Å²) < 4.78 is 0. The molecule has 0 saturated heterocycles. The zero-order valence-corrected chi connectivity index (χ0v) is 10.5. The molecule has 0 aliphatic heterocycles. The van der Waals surface area contributed by atoms with Crippen LogP contribution in [-0.4, -0.2) is 41.3 Å². The zero-order chi connectivity index (χ0) is 13.5. The number of H-pyrrole nitrogens is 1. The van der Waals surface area contributed by atoms with E-state index in [0.29, 0.717) is 13.1 Å². The van der Waals surface area contributed by atoms with Gasteiger partial charge in [-0.05, 0) is 19.9 Å². The minimum Gasteiger partial charge on any atom is -0.342 e. The highest BCUT2D eigenvalue weighted by molar-refractivity contribution is 5.94. The van der Waals surface area contributed by atoms with Gasteiger partial charge < -0.3 is 15.2 Å². The van der Waals surface area contributed by atoms with E-state index >= 15 is 0 Å². The van der Waals surface area contributed by atoms with Crippen molar-refractivity contribution >= 4 is 11.8 Å². The lowest BCUT2D eigenvalue weighted by Crippen LogP contribution is -2.40. The van der Waals surface area contributed by atoms with Crippen LogP contribution < -0.4 is 10.9 Å². The monoisotopic (exact) mass is 251 g/mol. The van der Waals surface area contributed by atoms with Gasteiger partial charge in [0.1, 0.15) is 5.69 Å². The summed E-state index contributed by atoms with van der Waals surface area (Å²) in [4.78, 5) is 38.3. The molecule has 0 spiro atoms. The first-order valence-corrected chi connectivity index (χ1v) is 5.83. The van der Waals surface area contributed by atoms with E-state index < -0.39 is 5.91 Å². The van der Waals surface area contributed by atoms with E-state index in [-0.39, 0.29) is 23.7 Å². The standard InChI is InChI=1S/C12H17N3O3/c1-3-15(4-2)11(17)8-13-12(18)9-6-5-7-10(16)14-9/h5-7H,3-4,8H2,1-2H3,(H,13,18)(H,14,16). The number of aromatic nitrogens is 1. The van der Waals surface area contributed by atoms with Crippen molar-refractivity contribution < 1.29 is 9.59 Å². The number of amides is 2. The second-order valence-electron chi connectivity index (χ2n) is 3.68. The van der Waals surface area contributed by atoms with Crippen molar-refractivity contribution in [3.63, 3.8) is 0 Å². The molecule has 2 N–H and O–H groups in total. The molecule has 0 radical (unpaired) electrons. The second-order valence-corrected chi connectivity index (χ2v) is 3.68. The van der Waals surface area contributed by atoms with Crippen LogP contribution in [0, 0.1) is 0 Å². The van der Waals surface area contributed by atoms with Crippen molar-refractivity contribution in [2.24, 2.45) is 0 Å². The van der Waals surface area contributed by atoms with Crippen molar-refractivity contribution in [1.29, 1.82) is 0 Å². The largest absolute Gasteiger partial charge is 0.342 e. The van der Waals surface area contributed by atoms with Crippen LogP contribution in [0.5, 0.6) is 0 Å². The Hall–Kier alpha value is -2.11. The Morgan fingerprint density at radius 3 is 2.50 bits per heavy atom. The predicted octanol–water partition coefficient (Wildman–Crippen LogP) is -0.0269. The molecule has 1 rings (SSSR count). The van der Waals surface area contributed by atoms with Gasteiger partial charge in [-0.2, -0.15) is 0 Å². The third-order valence-electron chi connectivity index (χ3n) is 2.53. The molecular weight excluding hydrogens is 234 g/mol. The van der Waals surface area contributed by atoms with Crippen molar-refractivity contribution in [3.05, 3.63) is 34.2 Å². The Labute approximate surface area is 105 Å². The number of hydrogen-bond donors (Lipinski definition) is 2. The van der Waals surface area contributed by atoms with Gasteiger partial charge in [0.05, 0.1) is 6.54 Å². The zero-order valence-electron chi connectivity index (χ0n) is 10.5. The van der Waals surface area contributed by atoms with Gasteiger partial charge in [0, 0.05) is 19.2 Å². The van der Waals surface area contributed by atoms with Crippen molar-refractivity contribution in [1.82, 2.24) is 15.2 Å². The molecule has 2 amide bonds. The summed E-state index contributed by atoms with van der Waals surface area (Å²) >= 11 is 0. The lowest BCUT2D eigenvalue weighted by atomic mass is 10.3. The number of likely N-dealkylation sites (N-methyl/N-ethyl adjacent to an activating group) is 1. The highest BCUT2D eigenvalue weighted by Crippen LogP contribution is 1.91. The molecule has 0 aliphatic carbocycles. The molecule has 6 nitrogen and oxygen atoms in total. The quantitative estimate of drug-likeness (QED) is 0.771. The Morgan fingerprint density at radius 2 is 1.94 bits per heavy atom. The molecular formula is C12H17N3O3.